The highest BCUT2D eigenvalue weighted by molar-refractivity contribution is 5.96. The highest BCUT2D eigenvalue weighted by Crippen LogP contribution is 2.31. The normalized spacial score (nSPS) is 23.5. The summed E-state index contributed by atoms with van der Waals surface area (Å²) in [6.45, 7) is 6.08. The van der Waals surface area contributed by atoms with Crippen LogP contribution in [0.25, 0.3) is 0 Å². The molecule has 2 atom stereocenters. The summed E-state index contributed by atoms with van der Waals surface area (Å²) >= 11 is 0. The van der Waals surface area contributed by atoms with Gasteiger partial charge in [-0.25, -0.2) is 0 Å². The number of carbonyl (C=O) groups is 1. The van der Waals surface area contributed by atoms with E-state index in [4.69, 9.17) is 9.15 Å². The Morgan fingerprint density at radius 1 is 1.33 bits per heavy atom. The molecule has 2 aromatic rings. The van der Waals surface area contributed by atoms with Crippen LogP contribution in [0.4, 0.5) is 0 Å². The lowest BCUT2D eigenvalue weighted by atomic mass is 10.1. The van der Waals surface area contributed by atoms with Crippen LogP contribution in [-0.4, -0.2) is 40.7 Å². The number of aromatic nitrogens is 1. The number of aryl methyl sites for hydroxylation is 1. The monoisotopic (exact) mass is 328 g/mol. The second kappa shape index (κ2) is 6.13. The van der Waals surface area contributed by atoms with E-state index in [9.17, 15) is 4.79 Å². The molecule has 0 radical (unpaired) electrons. The molecule has 1 amide bonds. The Morgan fingerprint density at radius 2 is 2.21 bits per heavy atom. The van der Waals surface area contributed by atoms with Crippen LogP contribution in [0.5, 0.6) is 0 Å². The summed E-state index contributed by atoms with van der Waals surface area (Å²) in [4.78, 5) is 15.2. The number of morpholine rings is 1. The minimum Gasteiger partial charge on any atom is -0.467 e. The van der Waals surface area contributed by atoms with Crippen molar-refractivity contribution in [3.8, 4) is 0 Å². The molecular formula is C19H24N2O3. The third-order valence-electron chi connectivity index (χ3n) is 5.44. The van der Waals surface area contributed by atoms with Crippen molar-refractivity contribution in [1.82, 2.24) is 9.47 Å². The van der Waals surface area contributed by atoms with Crippen LogP contribution in [-0.2, 0) is 11.3 Å². The van der Waals surface area contributed by atoms with E-state index in [0.29, 0.717) is 19.7 Å². The van der Waals surface area contributed by atoms with Crippen molar-refractivity contribution < 1.29 is 13.9 Å². The molecule has 1 aliphatic carbocycles. The van der Waals surface area contributed by atoms with Crippen LogP contribution >= 0.6 is 0 Å². The topological polar surface area (TPSA) is 47.6 Å². The zero-order chi connectivity index (χ0) is 16.7. The summed E-state index contributed by atoms with van der Waals surface area (Å²) in [5.74, 6) is 1.05. The smallest absolute Gasteiger partial charge is 0.256 e. The van der Waals surface area contributed by atoms with E-state index in [2.05, 4.69) is 4.57 Å². The fraction of sp³-hybridized carbons (Fsp3) is 0.526. The molecule has 1 saturated heterocycles. The van der Waals surface area contributed by atoms with E-state index < -0.39 is 0 Å². The third-order valence-corrected chi connectivity index (χ3v) is 5.44. The van der Waals surface area contributed by atoms with Gasteiger partial charge in [-0.2, -0.15) is 0 Å². The van der Waals surface area contributed by atoms with Crippen LogP contribution in [0, 0.1) is 13.8 Å². The highest BCUT2D eigenvalue weighted by Gasteiger charge is 2.39. The molecule has 4 rings (SSSR count). The molecule has 0 bridgehead atoms. The first-order valence-electron chi connectivity index (χ1n) is 8.77. The van der Waals surface area contributed by atoms with Gasteiger partial charge < -0.3 is 18.6 Å². The number of amides is 1. The van der Waals surface area contributed by atoms with Crippen LogP contribution in [0.15, 0.2) is 28.9 Å². The minimum atomic E-state index is 0.147. The van der Waals surface area contributed by atoms with E-state index in [1.54, 1.807) is 6.26 Å². The molecule has 2 fully saturated rings. The molecule has 0 spiro atoms. The molecule has 1 aliphatic heterocycles. The first kappa shape index (κ1) is 15.5. The van der Waals surface area contributed by atoms with E-state index in [1.165, 1.54) is 0 Å². The Balaban J connectivity index is 1.60. The predicted octanol–water partition coefficient (Wildman–Crippen LogP) is 3.14. The highest BCUT2D eigenvalue weighted by atomic mass is 16.5. The molecule has 1 saturated carbocycles. The quantitative estimate of drug-likeness (QED) is 0.869. The molecule has 24 heavy (non-hydrogen) atoms. The molecule has 0 unspecified atom stereocenters. The van der Waals surface area contributed by atoms with Gasteiger partial charge in [-0.1, -0.05) is 0 Å². The Hall–Kier alpha value is -2.01. The molecule has 2 aliphatic rings. The number of hydrogen-bond donors (Lipinski definition) is 0. The maximum absolute atomic E-state index is 13.2. The zero-order valence-corrected chi connectivity index (χ0v) is 14.3. The van der Waals surface area contributed by atoms with Crippen molar-refractivity contribution in [2.24, 2.45) is 0 Å². The summed E-state index contributed by atoms with van der Waals surface area (Å²) in [6, 6.07) is 6.12. The SMILES string of the molecule is Cc1cc(C(=O)N2CCO[C@@H]3CCC[C@H]32)c(C)n1Cc1ccco1. The summed E-state index contributed by atoms with van der Waals surface area (Å²) in [5, 5.41) is 0. The summed E-state index contributed by atoms with van der Waals surface area (Å²) < 4.78 is 13.4. The fourth-order valence-electron chi connectivity index (χ4n) is 4.15. The lowest BCUT2D eigenvalue weighted by Gasteiger charge is -2.37. The van der Waals surface area contributed by atoms with Gasteiger partial charge in [0.1, 0.15) is 5.76 Å². The maximum atomic E-state index is 13.2. The van der Waals surface area contributed by atoms with Crippen LogP contribution in [0.3, 0.4) is 0 Å². The Labute approximate surface area is 142 Å². The van der Waals surface area contributed by atoms with Crippen LogP contribution < -0.4 is 0 Å². The van der Waals surface area contributed by atoms with Gasteiger partial charge in [-0.05, 0) is 51.3 Å². The van der Waals surface area contributed by atoms with Crippen molar-refractivity contribution in [2.75, 3.05) is 13.2 Å². The van der Waals surface area contributed by atoms with Crippen molar-refractivity contribution in [2.45, 2.75) is 51.8 Å². The van der Waals surface area contributed by atoms with Gasteiger partial charge in [0.15, 0.2) is 0 Å². The molecule has 5 nitrogen and oxygen atoms in total. The number of hydrogen-bond acceptors (Lipinski definition) is 3. The molecule has 3 heterocycles. The van der Waals surface area contributed by atoms with Crippen molar-refractivity contribution in [3.63, 3.8) is 0 Å². The molecule has 0 aromatic carbocycles. The minimum absolute atomic E-state index is 0.147. The molecule has 128 valence electrons. The van der Waals surface area contributed by atoms with Crippen molar-refractivity contribution >= 4 is 5.91 Å². The number of carbonyl (C=O) groups excluding carboxylic acids is 1. The molecule has 5 heteroatoms. The Bertz CT molecular complexity index is 732. The summed E-state index contributed by atoms with van der Waals surface area (Å²) in [7, 11) is 0. The predicted molar refractivity (Wildman–Crippen MR) is 90.1 cm³/mol. The fourth-order valence-corrected chi connectivity index (χ4v) is 4.15. The van der Waals surface area contributed by atoms with Gasteiger partial charge in [0.05, 0.1) is 37.1 Å². The Kier molecular flexibility index (Phi) is 3.96. The van der Waals surface area contributed by atoms with E-state index >= 15 is 0 Å². The lowest BCUT2D eigenvalue weighted by Crippen LogP contribution is -2.51. The zero-order valence-electron chi connectivity index (χ0n) is 14.3. The average molecular weight is 328 g/mol. The van der Waals surface area contributed by atoms with Crippen LogP contribution in [0.2, 0.25) is 0 Å². The number of rotatable bonds is 3. The van der Waals surface area contributed by atoms with E-state index in [1.807, 2.05) is 36.9 Å². The van der Waals surface area contributed by atoms with Gasteiger partial charge in [0.25, 0.3) is 5.91 Å². The van der Waals surface area contributed by atoms with Gasteiger partial charge in [0, 0.05) is 17.9 Å². The van der Waals surface area contributed by atoms with Gasteiger partial charge >= 0.3 is 0 Å². The summed E-state index contributed by atoms with van der Waals surface area (Å²) in [5.41, 5.74) is 2.91. The number of fused-ring (bicyclic) bond motifs is 1. The largest absolute Gasteiger partial charge is 0.467 e. The standard InChI is InChI=1S/C19H24N2O3/c1-13-11-16(14(2)21(13)12-15-5-4-9-23-15)19(22)20-8-10-24-18-7-3-6-17(18)20/h4-5,9,11,17-18H,3,6-8,10,12H2,1-2H3/t17-,18-/m1/s1. The molecule has 2 aromatic heterocycles. The van der Waals surface area contributed by atoms with Gasteiger partial charge in [-0.3, -0.25) is 4.79 Å². The lowest BCUT2D eigenvalue weighted by molar-refractivity contribution is -0.0445. The molecule has 0 N–H and O–H groups in total. The maximum Gasteiger partial charge on any atom is 0.256 e. The second-order valence-electron chi connectivity index (χ2n) is 6.86. The average Bonchev–Trinajstić information content (AvgIpc) is 3.30. The number of furan rings is 1. The van der Waals surface area contributed by atoms with Gasteiger partial charge in [-0.15, -0.1) is 0 Å². The first-order chi connectivity index (χ1) is 11.6. The Morgan fingerprint density at radius 3 is 3.00 bits per heavy atom. The van der Waals surface area contributed by atoms with Crippen molar-refractivity contribution in [3.05, 3.63) is 47.2 Å². The molecular weight excluding hydrogens is 304 g/mol. The van der Waals surface area contributed by atoms with E-state index in [-0.39, 0.29) is 18.1 Å². The van der Waals surface area contributed by atoms with E-state index in [0.717, 1.165) is 42.0 Å². The number of ether oxygens (including phenoxy) is 1. The first-order valence-corrected chi connectivity index (χ1v) is 8.77. The number of nitrogens with zero attached hydrogens (tertiary/aromatic N) is 2. The van der Waals surface area contributed by atoms with Crippen LogP contribution in [0.1, 0.15) is 46.8 Å². The van der Waals surface area contributed by atoms with Crippen molar-refractivity contribution in [1.29, 1.82) is 0 Å². The third kappa shape index (κ3) is 2.57. The summed E-state index contributed by atoms with van der Waals surface area (Å²) in [6.07, 6.45) is 5.20. The second-order valence-corrected chi connectivity index (χ2v) is 6.86. The van der Waals surface area contributed by atoms with Gasteiger partial charge in [0.2, 0.25) is 0 Å².